The van der Waals surface area contributed by atoms with Crippen molar-refractivity contribution in [2.45, 2.75) is 0 Å². The van der Waals surface area contributed by atoms with Crippen molar-refractivity contribution in [2.24, 2.45) is 0 Å². The topological polar surface area (TPSA) is 74.3 Å². The summed E-state index contributed by atoms with van der Waals surface area (Å²) in [6.45, 7) is 0. The molecular weight excluding hydrogens is 372 g/mol. The first-order chi connectivity index (χ1) is 13.5. The van der Waals surface area contributed by atoms with Crippen LogP contribution < -0.4 is 15.5 Å². The third kappa shape index (κ3) is 5.05. The molecule has 3 aromatic rings. The third-order valence-corrected chi connectivity index (χ3v) is 4.59. The summed E-state index contributed by atoms with van der Waals surface area (Å²) < 4.78 is 0. The molecule has 0 fully saturated rings. The van der Waals surface area contributed by atoms with Crippen LogP contribution in [0.25, 0.3) is 6.08 Å². The Morgan fingerprint density at radius 1 is 1.04 bits per heavy atom. The number of hydrogen-bond acceptors (Lipinski definition) is 5. The van der Waals surface area contributed by atoms with Gasteiger partial charge >= 0.3 is 0 Å². The van der Waals surface area contributed by atoms with Crippen molar-refractivity contribution in [2.75, 3.05) is 24.3 Å². The summed E-state index contributed by atoms with van der Waals surface area (Å²) in [4.78, 5) is 31.3. The number of amides is 2. The molecular formula is C21H20N4O2S. The van der Waals surface area contributed by atoms with Crippen LogP contribution >= 0.6 is 11.3 Å². The smallest absolute Gasteiger partial charge is 0.273 e. The molecule has 0 unspecified atom stereocenters. The molecule has 142 valence electrons. The minimum atomic E-state index is -0.434. The Hall–Kier alpha value is -3.45. The van der Waals surface area contributed by atoms with Crippen LogP contribution in [-0.4, -0.2) is 30.9 Å². The SMILES string of the molecule is CN(C)c1ccc(/C=C(\NC(=O)c2ccccc2)C(=O)Nc2nccs2)cc1. The molecule has 0 aliphatic carbocycles. The highest BCUT2D eigenvalue weighted by atomic mass is 32.1. The second-order valence-electron chi connectivity index (χ2n) is 6.16. The Balaban J connectivity index is 1.86. The van der Waals surface area contributed by atoms with E-state index < -0.39 is 5.91 Å². The van der Waals surface area contributed by atoms with Gasteiger partial charge in [0.25, 0.3) is 11.8 Å². The van der Waals surface area contributed by atoms with E-state index in [1.807, 2.05) is 49.3 Å². The van der Waals surface area contributed by atoms with Crippen molar-refractivity contribution in [3.63, 3.8) is 0 Å². The molecule has 0 radical (unpaired) electrons. The maximum atomic E-state index is 12.7. The number of carbonyl (C=O) groups is 2. The van der Waals surface area contributed by atoms with E-state index in [-0.39, 0.29) is 11.6 Å². The molecule has 1 aromatic heterocycles. The Morgan fingerprint density at radius 2 is 1.75 bits per heavy atom. The summed E-state index contributed by atoms with van der Waals surface area (Å²) >= 11 is 1.31. The van der Waals surface area contributed by atoms with E-state index in [0.717, 1.165) is 11.3 Å². The average Bonchev–Trinajstić information content (AvgIpc) is 3.21. The van der Waals surface area contributed by atoms with Gasteiger partial charge in [0.05, 0.1) is 0 Å². The van der Waals surface area contributed by atoms with E-state index in [1.54, 1.807) is 41.9 Å². The van der Waals surface area contributed by atoms with Gasteiger partial charge in [0.15, 0.2) is 5.13 Å². The zero-order chi connectivity index (χ0) is 19.9. The van der Waals surface area contributed by atoms with Crippen molar-refractivity contribution >= 4 is 40.0 Å². The van der Waals surface area contributed by atoms with Crippen LogP contribution in [0.15, 0.2) is 71.9 Å². The van der Waals surface area contributed by atoms with Crippen LogP contribution in [0.2, 0.25) is 0 Å². The molecule has 0 bridgehead atoms. The normalized spacial score (nSPS) is 11.0. The van der Waals surface area contributed by atoms with Crippen LogP contribution in [0, 0.1) is 0 Å². The van der Waals surface area contributed by atoms with Gasteiger partial charge in [-0.05, 0) is 35.9 Å². The molecule has 0 saturated heterocycles. The Labute approximate surface area is 167 Å². The second-order valence-corrected chi connectivity index (χ2v) is 7.05. The summed E-state index contributed by atoms with van der Waals surface area (Å²) in [5, 5.41) is 7.64. The van der Waals surface area contributed by atoms with Gasteiger partial charge in [0.2, 0.25) is 0 Å². The number of hydrogen-bond donors (Lipinski definition) is 2. The van der Waals surface area contributed by atoms with Gasteiger partial charge < -0.3 is 10.2 Å². The summed E-state index contributed by atoms with van der Waals surface area (Å²) in [5.74, 6) is -0.790. The number of nitrogens with one attached hydrogen (secondary N) is 2. The number of benzene rings is 2. The Bertz CT molecular complexity index is 965. The molecule has 0 spiro atoms. The van der Waals surface area contributed by atoms with E-state index in [0.29, 0.717) is 10.7 Å². The van der Waals surface area contributed by atoms with E-state index in [2.05, 4.69) is 15.6 Å². The van der Waals surface area contributed by atoms with E-state index in [9.17, 15) is 9.59 Å². The molecule has 6 nitrogen and oxygen atoms in total. The zero-order valence-corrected chi connectivity index (χ0v) is 16.4. The van der Waals surface area contributed by atoms with E-state index in [1.165, 1.54) is 11.3 Å². The van der Waals surface area contributed by atoms with Crippen molar-refractivity contribution in [1.82, 2.24) is 10.3 Å². The van der Waals surface area contributed by atoms with Gasteiger partial charge in [-0.2, -0.15) is 0 Å². The van der Waals surface area contributed by atoms with Crippen LogP contribution in [0.3, 0.4) is 0 Å². The maximum Gasteiger partial charge on any atom is 0.273 e. The van der Waals surface area contributed by atoms with Crippen molar-refractivity contribution in [1.29, 1.82) is 0 Å². The highest BCUT2D eigenvalue weighted by Crippen LogP contribution is 2.16. The lowest BCUT2D eigenvalue weighted by molar-refractivity contribution is -0.113. The lowest BCUT2D eigenvalue weighted by atomic mass is 10.1. The molecule has 3 rings (SSSR count). The number of nitrogens with zero attached hydrogens (tertiary/aromatic N) is 2. The number of rotatable bonds is 6. The quantitative estimate of drug-likeness (QED) is 0.629. The fraction of sp³-hybridized carbons (Fsp3) is 0.0952. The Kier molecular flexibility index (Phi) is 6.18. The first kappa shape index (κ1) is 19.3. The first-order valence-corrected chi connectivity index (χ1v) is 9.47. The largest absolute Gasteiger partial charge is 0.378 e. The van der Waals surface area contributed by atoms with Crippen molar-refractivity contribution < 1.29 is 9.59 Å². The van der Waals surface area contributed by atoms with E-state index >= 15 is 0 Å². The van der Waals surface area contributed by atoms with Crippen LogP contribution in [-0.2, 0) is 4.79 Å². The monoisotopic (exact) mass is 392 g/mol. The highest BCUT2D eigenvalue weighted by molar-refractivity contribution is 7.13. The predicted octanol–water partition coefficient (Wildman–Crippen LogP) is 3.62. The van der Waals surface area contributed by atoms with Crippen LogP contribution in [0.5, 0.6) is 0 Å². The lowest BCUT2D eigenvalue weighted by Crippen LogP contribution is -2.30. The predicted molar refractivity (Wildman–Crippen MR) is 113 cm³/mol. The summed E-state index contributed by atoms with van der Waals surface area (Å²) in [6.07, 6.45) is 3.25. The molecule has 0 saturated carbocycles. The Morgan fingerprint density at radius 3 is 2.36 bits per heavy atom. The molecule has 7 heteroatoms. The van der Waals surface area contributed by atoms with Gasteiger partial charge in [0.1, 0.15) is 5.70 Å². The zero-order valence-electron chi connectivity index (χ0n) is 15.5. The van der Waals surface area contributed by atoms with Crippen molar-refractivity contribution in [3.05, 3.63) is 83.0 Å². The first-order valence-electron chi connectivity index (χ1n) is 8.59. The lowest BCUT2D eigenvalue weighted by Gasteiger charge is -2.13. The molecule has 0 atom stereocenters. The van der Waals surface area contributed by atoms with Crippen LogP contribution in [0.4, 0.5) is 10.8 Å². The standard InChI is InChI=1S/C21H20N4O2S/c1-25(2)17-10-8-15(9-11-17)14-18(20(27)24-21-22-12-13-28-21)23-19(26)16-6-4-3-5-7-16/h3-14H,1-2H3,(H,23,26)(H,22,24,27)/b18-14-. The molecule has 1 heterocycles. The van der Waals surface area contributed by atoms with Crippen molar-refractivity contribution in [3.8, 4) is 0 Å². The molecule has 2 aromatic carbocycles. The minimum absolute atomic E-state index is 0.140. The van der Waals surface area contributed by atoms with Gasteiger partial charge in [-0.25, -0.2) is 4.98 Å². The molecule has 0 aliphatic rings. The number of aromatic nitrogens is 1. The van der Waals surface area contributed by atoms with E-state index in [4.69, 9.17) is 0 Å². The van der Waals surface area contributed by atoms with Gasteiger partial charge in [-0.15, -0.1) is 11.3 Å². The minimum Gasteiger partial charge on any atom is -0.378 e. The second kappa shape index (κ2) is 8.96. The molecule has 0 aliphatic heterocycles. The fourth-order valence-electron chi connectivity index (χ4n) is 2.43. The average molecular weight is 392 g/mol. The highest BCUT2D eigenvalue weighted by Gasteiger charge is 2.15. The summed E-state index contributed by atoms with van der Waals surface area (Å²) in [6, 6.07) is 16.4. The van der Waals surface area contributed by atoms with Crippen LogP contribution in [0.1, 0.15) is 15.9 Å². The number of carbonyl (C=O) groups excluding carboxylic acids is 2. The molecule has 2 N–H and O–H groups in total. The molecule has 2 amide bonds. The number of thiazole rings is 1. The molecule has 28 heavy (non-hydrogen) atoms. The third-order valence-electron chi connectivity index (χ3n) is 3.90. The number of anilines is 2. The van der Waals surface area contributed by atoms with Gasteiger partial charge in [-0.3, -0.25) is 14.9 Å². The maximum absolute atomic E-state index is 12.7. The summed E-state index contributed by atoms with van der Waals surface area (Å²) in [7, 11) is 3.91. The fourth-order valence-corrected chi connectivity index (χ4v) is 2.95. The van der Waals surface area contributed by atoms with Gasteiger partial charge in [-0.1, -0.05) is 30.3 Å². The van der Waals surface area contributed by atoms with Gasteiger partial charge in [0, 0.05) is 36.9 Å². The summed E-state index contributed by atoms with van der Waals surface area (Å²) in [5.41, 5.74) is 2.45.